The molecule has 0 aliphatic carbocycles. The minimum Gasteiger partial charge on any atom is -0.322 e. The molecule has 0 bridgehead atoms. The zero-order valence-corrected chi connectivity index (χ0v) is 27.9. The number of amides is 2. The van der Waals surface area contributed by atoms with E-state index in [0.717, 1.165) is 11.1 Å². The van der Waals surface area contributed by atoms with Crippen LogP contribution in [0.3, 0.4) is 0 Å². The van der Waals surface area contributed by atoms with Gasteiger partial charge in [0.2, 0.25) is 0 Å². The van der Waals surface area contributed by atoms with Crippen molar-refractivity contribution in [3.63, 3.8) is 0 Å². The normalized spacial score (nSPS) is 11.3. The standard InChI is InChI=1S/C38H30N4O6S2/c43-37(33-15-7-9-17-35(33)41-49(45,46)31-11-3-1-4-12-31)39-29-23-19-27(20-24-29)28-21-25-30(26-22-28)40-38(44)34-16-8-10-18-36(34)42-50(47,48)32-13-5-2-6-14-32/h1-26,41-42H,(H,39,43)(H,40,44). The highest BCUT2D eigenvalue weighted by atomic mass is 32.2. The van der Waals surface area contributed by atoms with Gasteiger partial charge >= 0.3 is 0 Å². The average molecular weight is 703 g/mol. The zero-order chi connectivity index (χ0) is 35.1. The summed E-state index contributed by atoms with van der Waals surface area (Å²) < 4.78 is 56.5. The van der Waals surface area contributed by atoms with Crippen molar-refractivity contribution in [2.75, 3.05) is 20.1 Å². The summed E-state index contributed by atoms with van der Waals surface area (Å²) in [6, 6.07) is 42.7. The third-order valence-corrected chi connectivity index (χ3v) is 10.3. The number of rotatable bonds is 11. The van der Waals surface area contributed by atoms with Crippen molar-refractivity contribution in [1.82, 2.24) is 0 Å². The summed E-state index contributed by atoms with van der Waals surface area (Å²) in [6.07, 6.45) is 0. The van der Waals surface area contributed by atoms with Gasteiger partial charge in [0.05, 0.1) is 32.3 Å². The summed E-state index contributed by atoms with van der Waals surface area (Å²) in [5, 5.41) is 5.63. The quantitative estimate of drug-likeness (QED) is 0.110. The van der Waals surface area contributed by atoms with E-state index in [-0.39, 0.29) is 32.3 Å². The summed E-state index contributed by atoms with van der Waals surface area (Å²) in [5.74, 6) is -0.975. The highest BCUT2D eigenvalue weighted by molar-refractivity contribution is 7.93. The third-order valence-electron chi connectivity index (χ3n) is 7.56. The second-order valence-corrected chi connectivity index (χ2v) is 14.4. The molecule has 50 heavy (non-hydrogen) atoms. The van der Waals surface area contributed by atoms with Gasteiger partial charge in [-0.25, -0.2) is 16.8 Å². The van der Waals surface area contributed by atoms with Gasteiger partial charge in [0.1, 0.15) is 0 Å². The van der Waals surface area contributed by atoms with Gasteiger partial charge in [-0.3, -0.25) is 19.0 Å². The van der Waals surface area contributed by atoms with Crippen LogP contribution in [0.4, 0.5) is 22.7 Å². The van der Waals surface area contributed by atoms with Crippen molar-refractivity contribution in [2.24, 2.45) is 0 Å². The highest BCUT2D eigenvalue weighted by Crippen LogP contribution is 2.26. The number of para-hydroxylation sites is 2. The van der Waals surface area contributed by atoms with Crippen LogP contribution in [0.25, 0.3) is 11.1 Å². The minimum atomic E-state index is -3.90. The number of benzene rings is 6. The van der Waals surface area contributed by atoms with E-state index in [4.69, 9.17) is 0 Å². The molecule has 6 rings (SSSR count). The highest BCUT2D eigenvalue weighted by Gasteiger charge is 2.20. The Hall–Kier alpha value is -6.24. The summed E-state index contributed by atoms with van der Waals surface area (Å²) in [7, 11) is -7.80. The molecule has 0 unspecified atom stereocenters. The van der Waals surface area contributed by atoms with E-state index in [1.807, 2.05) is 24.3 Å². The molecule has 10 nitrogen and oxygen atoms in total. The van der Waals surface area contributed by atoms with Crippen molar-refractivity contribution >= 4 is 54.6 Å². The lowest BCUT2D eigenvalue weighted by atomic mass is 10.0. The van der Waals surface area contributed by atoms with Crippen LogP contribution in [0, 0.1) is 0 Å². The van der Waals surface area contributed by atoms with Crippen LogP contribution in [-0.4, -0.2) is 28.6 Å². The number of carbonyl (C=O) groups is 2. The Morgan fingerprint density at radius 1 is 0.380 bits per heavy atom. The molecule has 0 atom stereocenters. The van der Waals surface area contributed by atoms with Gasteiger partial charge in [0.15, 0.2) is 0 Å². The van der Waals surface area contributed by atoms with E-state index in [0.29, 0.717) is 11.4 Å². The predicted octanol–water partition coefficient (Wildman–Crippen LogP) is 7.46. The van der Waals surface area contributed by atoms with E-state index in [2.05, 4.69) is 20.1 Å². The smallest absolute Gasteiger partial charge is 0.261 e. The topological polar surface area (TPSA) is 151 Å². The number of anilines is 4. The largest absolute Gasteiger partial charge is 0.322 e. The Bertz CT molecular complexity index is 2200. The molecule has 2 amide bonds. The zero-order valence-electron chi connectivity index (χ0n) is 26.3. The molecule has 0 spiro atoms. The second kappa shape index (κ2) is 14.5. The summed E-state index contributed by atoms with van der Waals surface area (Å²) in [4.78, 5) is 26.5. The van der Waals surface area contributed by atoms with Gasteiger partial charge in [0, 0.05) is 11.4 Å². The molecular formula is C38H30N4O6S2. The predicted molar refractivity (Wildman–Crippen MR) is 195 cm³/mol. The first kappa shape index (κ1) is 33.7. The lowest BCUT2D eigenvalue weighted by molar-refractivity contribution is 0.101. The SMILES string of the molecule is O=C(Nc1ccc(-c2ccc(NC(=O)c3ccccc3NS(=O)(=O)c3ccccc3)cc2)cc1)c1ccccc1NS(=O)(=O)c1ccccc1. The van der Waals surface area contributed by atoms with Gasteiger partial charge in [-0.15, -0.1) is 0 Å². The molecule has 4 N–H and O–H groups in total. The van der Waals surface area contributed by atoms with Crippen molar-refractivity contribution < 1.29 is 26.4 Å². The first-order valence-corrected chi connectivity index (χ1v) is 18.2. The molecule has 0 saturated carbocycles. The Kier molecular flexibility index (Phi) is 9.75. The van der Waals surface area contributed by atoms with Crippen LogP contribution in [0.15, 0.2) is 168 Å². The van der Waals surface area contributed by atoms with Gasteiger partial charge in [-0.05, 0) is 83.9 Å². The summed E-state index contributed by atoms with van der Waals surface area (Å²) in [6.45, 7) is 0. The van der Waals surface area contributed by atoms with Crippen molar-refractivity contribution in [2.45, 2.75) is 9.79 Å². The molecule has 250 valence electrons. The molecule has 0 aliphatic heterocycles. The maximum Gasteiger partial charge on any atom is 0.261 e. The molecule has 0 aliphatic rings. The van der Waals surface area contributed by atoms with Gasteiger partial charge in [0.25, 0.3) is 31.9 Å². The molecular weight excluding hydrogens is 673 g/mol. The third kappa shape index (κ3) is 7.89. The van der Waals surface area contributed by atoms with Gasteiger partial charge in [-0.1, -0.05) is 84.9 Å². The number of nitrogens with one attached hydrogen (secondary N) is 4. The van der Waals surface area contributed by atoms with Gasteiger partial charge < -0.3 is 10.6 Å². The maximum absolute atomic E-state index is 13.2. The first-order chi connectivity index (χ1) is 24.1. The fourth-order valence-electron chi connectivity index (χ4n) is 5.04. The fourth-order valence-corrected chi connectivity index (χ4v) is 7.24. The molecule has 6 aromatic rings. The lowest BCUT2D eigenvalue weighted by Crippen LogP contribution is -2.18. The number of carbonyl (C=O) groups excluding carboxylic acids is 2. The van der Waals surface area contributed by atoms with Crippen LogP contribution in [0.5, 0.6) is 0 Å². The van der Waals surface area contributed by atoms with E-state index < -0.39 is 31.9 Å². The number of hydrogen-bond acceptors (Lipinski definition) is 6. The molecule has 0 aromatic heterocycles. The molecule has 0 radical (unpaired) electrons. The van der Waals surface area contributed by atoms with E-state index in [9.17, 15) is 26.4 Å². The monoisotopic (exact) mass is 702 g/mol. The van der Waals surface area contributed by atoms with Crippen molar-refractivity contribution in [3.8, 4) is 11.1 Å². The van der Waals surface area contributed by atoms with E-state index in [1.165, 1.54) is 48.5 Å². The Morgan fingerprint density at radius 2 is 0.700 bits per heavy atom. The van der Waals surface area contributed by atoms with Gasteiger partial charge in [-0.2, -0.15) is 0 Å². The molecule has 12 heteroatoms. The first-order valence-electron chi connectivity index (χ1n) is 15.3. The fraction of sp³-hybridized carbons (Fsp3) is 0. The Morgan fingerprint density at radius 3 is 1.06 bits per heavy atom. The lowest BCUT2D eigenvalue weighted by Gasteiger charge is -2.13. The molecule has 0 saturated heterocycles. The summed E-state index contributed by atoms with van der Waals surface area (Å²) >= 11 is 0. The van der Waals surface area contributed by atoms with Crippen molar-refractivity contribution in [3.05, 3.63) is 169 Å². The number of sulfonamides is 2. The number of hydrogen-bond donors (Lipinski definition) is 4. The van der Waals surface area contributed by atoms with Crippen LogP contribution in [-0.2, 0) is 20.0 Å². The molecule has 0 fully saturated rings. The molecule has 0 heterocycles. The van der Waals surface area contributed by atoms with Crippen LogP contribution in [0.2, 0.25) is 0 Å². The van der Waals surface area contributed by atoms with Crippen LogP contribution >= 0.6 is 0 Å². The van der Waals surface area contributed by atoms with Crippen LogP contribution < -0.4 is 20.1 Å². The minimum absolute atomic E-state index is 0.0796. The Balaban J connectivity index is 1.10. The maximum atomic E-state index is 13.2. The van der Waals surface area contributed by atoms with Crippen molar-refractivity contribution in [1.29, 1.82) is 0 Å². The average Bonchev–Trinajstić information content (AvgIpc) is 3.13. The second-order valence-electron chi connectivity index (χ2n) is 11.0. The summed E-state index contributed by atoms with van der Waals surface area (Å²) in [5.41, 5.74) is 3.31. The molecule has 6 aromatic carbocycles. The van der Waals surface area contributed by atoms with E-state index in [1.54, 1.807) is 84.9 Å². The van der Waals surface area contributed by atoms with E-state index >= 15 is 0 Å². The Labute approximate surface area is 289 Å². The van der Waals surface area contributed by atoms with Crippen LogP contribution in [0.1, 0.15) is 20.7 Å².